The molecule has 0 amide bonds. The third-order valence-electron chi connectivity index (χ3n) is 3.44. The molecule has 0 aliphatic heterocycles. The number of hydrogen-bond donors (Lipinski definition) is 0. The molecule has 3 aromatic rings. The smallest absolute Gasteiger partial charge is 0 e. The summed E-state index contributed by atoms with van der Waals surface area (Å²) < 4.78 is 0. The van der Waals surface area contributed by atoms with E-state index in [-0.39, 0.29) is 546 Å². The molecular formula is C33H52W20Y2-12. The molecule has 0 N–H and O–H groups in total. The van der Waals surface area contributed by atoms with Gasteiger partial charge in [0.25, 0.3) is 0 Å². The van der Waals surface area contributed by atoms with Crippen LogP contribution in [0.3, 0.4) is 0 Å². The van der Waals surface area contributed by atoms with Crippen LogP contribution < -0.4 is 0 Å². The van der Waals surface area contributed by atoms with Gasteiger partial charge in [-0.05, 0) is 0 Å². The van der Waals surface area contributed by atoms with E-state index in [0.717, 1.165) is 0 Å². The van der Waals surface area contributed by atoms with Gasteiger partial charge in [0.2, 0.25) is 0 Å². The van der Waals surface area contributed by atoms with Crippen molar-refractivity contribution >= 4 is 0 Å². The summed E-state index contributed by atoms with van der Waals surface area (Å²) in [5.74, 6) is 0. The van der Waals surface area contributed by atoms with Crippen molar-refractivity contribution in [2.75, 3.05) is 0 Å². The van der Waals surface area contributed by atoms with Crippen molar-refractivity contribution in [3.63, 3.8) is 0 Å². The molecule has 1 aliphatic carbocycles. The van der Waals surface area contributed by atoms with Crippen molar-refractivity contribution in [1.29, 1.82) is 0 Å². The molecule has 3 aromatic carbocycles. The summed E-state index contributed by atoms with van der Waals surface area (Å²) in [5, 5.41) is 0. The molecule has 55 heavy (non-hydrogen) atoms. The van der Waals surface area contributed by atoms with E-state index < -0.39 is 0 Å². The largest absolute Gasteiger partial charge is 0.358 e. The van der Waals surface area contributed by atoms with Gasteiger partial charge in [0.1, 0.15) is 0 Å². The maximum atomic E-state index is 2.93. The van der Waals surface area contributed by atoms with Crippen molar-refractivity contribution < 1.29 is 487 Å². The Balaban J connectivity index is -0.00000000459. The molecule has 0 bridgehead atoms. The van der Waals surface area contributed by atoms with Crippen molar-refractivity contribution in [2.24, 2.45) is 0 Å². The number of aryl methyl sites for hydroxylation is 2. The summed E-state index contributed by atoms with van der Waals surface area (Å²) in [4.78, 5) is 0. The number of rotatable bonds is 0. The predicted molar refractivity (Wildman–Crippen MR) is 159 cm³/mol. The molecule has 2 radical (unpaired) electrons. The minimum Gasteiger partial charge on any atom is -0.358 e. The summed E-state index contributed by atoms with van der Waals surface area (Å²) in [7, 11) is 0. The topological polar surface area (TPSA) is 0 Å². The van der Waals surface area contributed by atoms with E-state index in [2.05, 4.69) is 38.5 Å². The second-order valence-corrected chi connectivity index (χ2v) is 5.81. The fourth-order valence-corrected chi connectivity index (χ4v) is 2.00. The Labute approximate surface area is 684 Å². The Morgan fingerprint density at radius 1 is 0.327 bits per heavy atom. The molecule has 0 spiro atoms. The zero-order valence-electron chi connectivity index (χ0n) is 32.7. The normalized spacial score (nSPS) is 5.27. The van der Waals surface area contributed by atoms with Crippen LogP contribution in [-0.4, -0.2) is 0 Å². The van der Waals surface area contributed by atoms with E-state index in [9.17, 15) is 0 Å². The van der Waals surface area contributed by atoms with Gasteiger partial charge in [0.05, 0.1) is 0 Å². The van der Waals surface area contributed by atoms with Crippen molar-refractivity contribution in [3.05, 3.63) is 174 Å². The molecule has 1 saturated carbocycles. The minimum absolute atomic E-state index is 0. The third kappa shape index (κ3) is 176. The monoisotopic (exact) mass is 4310 g/mol. The maximum Gasteiger partial charge on any atom is 0 e. The van der Waals surface area contributed by atoms with E-state index in [0.29, 0.717) is 0 Å². The van der Waals surface area contributed by atoms with Crippen molar-refractivity contribution in [1.82, 2.24) is 0 Å². The van der Waals surface area contributed by atoms with Crippen LogP contribution >= 0.6 is 0 Å². The van der Waals surface area contributed by atoms with Gasteiger partial charge < -0.3 is 65.8 Å². The Morgan fingerprint density at radius 2 is 0.509 bits per heavy atom. The molecule has 1 fully saturated rings. The number of benzene rings is 3. The van der Waals surface area contributed by atoms with E-state index in [1.54, 1.807) is 0 Å². The number of hydrogen-bond acceptors (Lipinski definition) is 0. The van der Waals surface area contributed by atoms with Gasteiger partial charge in [-0.1, -0.05) is 26.7 Å². The van der Waals surface area contributed by atoms with Crippen LogP contribution in [0.25, 0.3) is 0 Å². The summed E-state index contributed by atoms with van der Waals surface area (Å²) in [5.41, 5.74) is 2.58. The third-order valence-corrected chi connectivity index (χ3v) is 3.44. The molecule has 22 heteroatoms. The molecule has 0 saturated heterocycles. The first-order valence-corrected chi connectivity index (χ1v) is 8.87. The second-order valence-electron chi connectivity index (χ2n) is 5.81. The Hall–Kier alpha value is 13.6. The van der Waals surface area contributed by atoms with E-state index >= 15 is 0 Å². The zero-order chi connectivity index (χ0) is 18.0. The first kappa shape index (κ1) is 210. The van der Waals surface area contributed by atoms with Crippen LogP contribution in [-0.2, 0) is 487 Å². The maximum absolute atomic E-state index is 2.93. The molecule has 1 aliphatic rings. The first-order chi connectivity index (χ1) is 12.3. The molecule has 4 rings (SSSR count). The Kier molecular flexibility index (Phi) is 696. The molecule has 0 atom stereocenters. The summed E-state index contributed by atoms with van der Waals surface area (Å²) in [6.45, 7) is 4.13. The summed E-state index contributed by atoms with van der Waals surface area (Å²) in [6.07, 6.45) is 8.00. The average molecular weight is 4300 g/mol. The van der Waals surface area contributed by atoms with E-state index in [1.165, 1.54) is 36.8 Å². The van der Waals surface area contributed by atoms with Crippen LogP contribution in [0.2, 0.25) is 0 Å². The Morgan fingerprint density at radius 3 is 0.582 bits per heavy atom. The zero-order valence-corrected chi connectivity index (χ0v) is 97.1. The molecule has 0 nitrogen and oxygen atoms in total. The van der Waals surface area contributed by atoms with Crippen LogP contribution in [0, 0.1) is 97.9 Å². The molecule has 0 aromatic heterocycles. The molecule has 322 valence electrons. The quantitative estimate of drug-likeness (QED) is 0.197. The van der Waals surface area contributed by atoms with Crippen LogP contribution in [0.1, 0.15) is 36.8 Å². The summed E-state index contributed by atoms with van der Waals surface area (Å²) in [6, 6.07) is 34.1. The fourth-order valence-electron chi connectivity index (χ4n) is 2.00. The van der Waals surface area contributed by atoms with Gasteiger partial charge in [-0.25, -0.2) is 0 Å². The van der Waals surface area contributed by atoms with Gasteiger partial charge in [0.15, 0.2) is 0 Å². The van der Waals surface area contributed by atoms with Crippen LogP contribution in [0.5, 0.6) is 0 Å². The van der Waals surface area contributed by atoms with E-state index in [4.69, 9.17) is 0 Å². The van der Waals surface area contributed by atoms with Gasteiger partial charge >= 0.3 is 0 Å². The molecular weight excluding hydrogens is 4250 g/mol. The SMILES string of the molecule is Cc1cc[c-]cc1.Cc1cc[c-]cc1.[CH-]1CCCC1.[CH3-].[CH3-].[CH3-].[CH3-].[CH3-].[CH3-].[CH3-].[CH3-].[W].[W].[W].[W].[W].[W].[W].[W].[W].[W].[W].[W].[W].[W].[W].[W].[W].[W].[W].[W].[Y].[Y].[c-]1ccccc1. The Bertz CT molecular complexity index is 587. The fraction of sp³-hybridized carbons (Fsp3) is 0.182. The van der Waals surface area contributed by atoms with Crippen LogP contribution in [0.4, 0.5) is 0 Å². The minimum atomic E-state index is 0. The van der Waals surface area contributed by atoms with Gasteiger partial charge in [0, 0.05) is 487 Å². The predicted octanol–water partition coefficient (Wildman–Crippen LogP) is 10.4. The van der Waals surface area contributed by atoms with E-state index in [1.807, 2.05) is 78.9 Å². The summed E-state index contributed by atoms with van der Waals surface area (Å²) >= 11 is 0. The van der Waals surface area contributed by atoms with Gasteiger partial charge in [-0.15, -0.1) is 0 Å². The van der Waals surface area contributed by atoms with Crippen molar-refractivity contribution in [3.8, 4) is 0 Å². The standard InChI is InChI=1S/2C7H7.C6H5.C5H9.8CH3.20W.2Y/c2*1-7-5-3-2-4-6-7;1-2-4-6-5-3-1;1-2-4-5-3-1;;;;;;;;;;;;;;;;;;;;;;;;;;;;;;/h2*3-6H,1H3;1-5H;1H,2-5H2;8*1H3;;;;;;;;;;;;;;;;;;;;;;/q12*-1;;;;;;;;;;;;;;;;;;;;;;. The van der Waals surface area contributed by atoms with Crippen LogP contribution in [0.15, 0.2) is 78.9 Å². The molecule has 0 unspecified atom stereocenters. The molecule has 0 heterocycles. The van der Waals surface area contributed by atoms with Crippen molar-refractivity contribution in [2.45, 2.75) is 39.5 Å². The second kappa shape index (κ2) is 182. The van der Waals surface area contributed by atoms with Gasteiger partial charge in [-0.3, -0.25) is 0 Å². The average Bonchev–Trinajstić information content (AvgIpc) is 3.26. The first-order valence-electron chi connectivity index (χ1n) is 8.87. The van der Waals surface area contributed by atoms with Gasteiger partial charge in [-0.2, -0.15) is 121 Å².